The van der Waals surface area contributed by atoms with Crippen molar-refractivity contribution in [2.24, 2.45) is 0 Å². The summed E-state index contributed by atoms with van der Waals surface area (Å²) < 4.78 is 0. The number of nitrogens with zero attached hydrogens (tertiary/aromatic N) is 2. The van der Waals surface area contributed by atoms with Crippen LogP contribution in [-0.4, -0.2) is 35.8 Å². The third kappa shape index (κ3) is 3.40. The average molecular weight is 357 g/mol. The largest absolute Gasteiger partial charge is 0.325 e. The molecule has 3 rings (SSSR count). The van der Waals surface area contributed by atoms with Crippen LogP contribution in [0.25, 0.3) is 0 Å². The first kappa shape index (κ1) is 17.5. The third-order valence-corrected chi connectivity index (χ3v) is 4.87. The van der Waals surface area contributed by atoms with E-state index in [1.807, 2.05) is 26.0 Å². The highest BCUT2D eigenvalue weighted by Crippen LogP contribution is 2.26. The van der Waals surface area contributed by atoms with Gasteiger partial charge in [0.15, 0.2) is 0 Å². The minimum atomic E-state index is -0.513. The summed E-state index contributed by atoms with van der Waals surface area (Å²) in [5.74, 6) is -0.225. The van der Waals surface area contributed by atoms with E-state index in [1.165, 1.54) is 0 Å². The third-order valence-electron chi connectivity index (χ3n) is 4.63. The zero-order valence-electron chi connectivity index (χ0n) is 14.6. The molecule has 1 aliphatic rings. The number of amides is 2. The van der Waals surface area contributed by atoms with E-state index in [9.17, 15) is 9.59 Å². The smallest absolute Gasteiger partial charge is 0.254 e. The summed E-state index contributed by atoms with van der Waals surface area (Å²) in [7, 11) is 0. The summed E-state index contributed by atoms with van der Waals surface area (Å²) >= 11 is 5.98. The maximum atomic E-state index is 12.9. The highest BCUT2D eigenvalue weighted by molar-refractivity contribution is 6.31. The van der Waals surface area contributed by atoms with Gasteiger partial charge in [-0.2, -0.15) is 0 Å². The molecule has 1 saturated heterocycles. The molecule has 0 aromatic heterocycles. The summed E-state index contributed by atoms with van der Waals surface area (Å²) in [5.41, 5.74) is 3.65. The Morgan fingerprint density at radius 2 is 1.88 bits per heavy atom. The molecule has 1 unspecified atom stereocenters. The SMILES string of the molecule is Cc1ccc(N2CCN(C(=O)c3cccc(Cl)c3)C(C)C2=O)c(C)c1. The van der Waals surface area contributed by atoms with Crippen LogP contribution in [0, 0.1) is 13.8 Å². The highest BCUT2D eigenvalue weighted by atomic mass is 35.5. The van der Waals surface area contributed by atoms with Crippen LogP contribution in [0.5, 0.6) is 0 Å². The predicted octanol–water partition coefficient (Wildman–Crippen LogP) is 3.83. The fourth-order valence-corrected chi connectivity index (χ4v) is 3.47. The monoisotopic (exact) mass is 356 g/mol. The molecule has 1 heterocycles. The molecule has 1 fully saturated rings. The summed E-state index contributed by atoms with van der Waals surface area (Å²) in [5, 5.41) is 0.513. The molecule has 2 aromatic rings. The minimum absolute atomic E-state index is 0.0615. The number of carbonyl (C=O) groups excluding carboxylic acids is 2. The second-order valence-electron chi connectivity index (χ2n) is 6.46. The van der Waals surface area contributed by atoms with Gasteiger partial charge in [-0.15, -0.1) is 0 Å². The van der Waals surface area contributed by atoms with Crippen LogP contribution >= 0.6 is 11.6 Å². The second kappa shape index (κ2) is 6.89. The number of anilines is 1. The highest BCUT2D eigenvalue weighted by Gasteiger charge is 2.35. The number of rotatable bonds is 2. The van der Waals surface area contributed by atoms with E-state index >= 15 is 0 Å². The minimum Gasteiger partial charge on any atom is -0.325 e. The average Bonchev–Trinajstić information content (AvgIpc) is 2.57. The zero-order chi connectivity index (χ0) is 18.1. The van der Waals surface area contributed by atoms with E-state index in [0.29, 0.717) is 23.7 Å². The van der Waals surface area contributed by atoms with Gasteiger partial charge >= 0.3 is 0 Å². The van der Waals surface area contributed by atoms with Crippen molar-refractivity contribution in [1.82, 2.24) is 4.90 Å². The molecule has 0 radical (unpaired) electrons. The lowest BCUT2D eigenvalue weighted by molar-refractivity contribution is -0.124. The normalized spacial score (nSPS) is 17.8. The summed E-state index contributed by atoms with van der Waals surface area (Å²) in [6, 6.07) is 12.4. The lowest BCUT2D eigenvalue weighted by Crippen LogP contribution is -2.57. The summed E-state index contributed by atoms with van der Waals surface area (Å²) in [4.78, 5) is 29.0. The number of hydrogen-bond donors (Lipinski definition) is 0. The van der Waals surface area contributed by atoms with E-state index in [-0.39, 0.29) is 11.8 Å². The Morgan fingerprint density at radius 1 is 1.12 bits per heavy atom. The van der Waals surface area contributed by atoms with Gasteiger partial charge in [-0.3, -0.25) is 9.59 Å². The van der Waals surface area contributed by atoms with Crippen LogP contribution in [0.3, 0.4) is 0 Å². The molecule has 0 bridgehead atoms. The molecular weight excluding hydrogens is 336 g/mol. The Hall–Kier alpha value is -2.33. The van der Waals surface area contributed by atoms with Crippen molar-refractivity contribution >= 4 is 29.1 Å². The van der Waals surface area contributed by atoms with E-state index in [4.69, 9.17) is 11.6 Å². The summed E-state index contributed by atoms with van der Waals surface area (Å²) in [6.45, 7) is 6.79. The maximum absolute atomic E-state index is 12.9. The van der Waals surface area contributed by atoms with Gasteiger partial charge in [0.25, 0.3) is 5.91 Å². The Bertz CT molecular complexity index is 834. The van der Waals surface area contributed by atoms with Crippen molar-refractivity contribution in [3.8, 4) is 0 Å². The fraction of sp³-hybridized carbons (Fsp3) is 0.300. The molecule has 4 nitrogen and oxygen atoms in total. The molecule has 1 aliphatic heterocycles. The van der Waals surface area contributed by atoms with Crippen LogP contribution in [0.2, 0.25) is 5.02 Å². The Morgan fingerprint density at radius 3 is 2.56 bits per heavy atom. The van der Waals surface area contributed by atoms with Crippen LogP contribution < -0.4 is 4.90 Å². The van der Waals surface area contributed by atoms with Gasteiger partial charge in [0.2, 0.25) is 5.91 Å². The van der Waals surface area contributed by atoms with Crippen molar-refractivity contribution in [2.75, 3.05) is 18.0 Å². The number of aryl methyl sites for hydroxylation is 2. The Balaban J connectivity index is 1.83. The lowest BCUT2D eigenvalue weighted by Gasteiger charge is -2.39. The summed E-state index contributed by atoms with van der Waals surface area (Å²) in [6.07, 6.45) is 0. The first-order chi connectivity index (χ1) is 11.9. The van der Waals surface area contributed by atoms with Gasteiger partial charge in [0.1, 0.15) is 6.04 Å². The topological polar surface area (TPSA) is 40.6 Å². The van der Waals surface area contributed by atoms with Crippen molar-refractivity contribution in [3.63, 3.8) is 0 Å². The fourth-order valence-electron chi connectivity index (χ4n) is 3.28. The molecule has 0 N–H and O–H groups in total. The molecule has 130 valence electrons. The molecular formula is C20H21ClN2O2. The number of benzene rings is 2. The second-order valence-corrected chi connectivity index (χ2v) is 6.90. The first-order valence-corrected chi connectivity index (χ1v) is 8.71. The van der Waals surface area contributed by atoms with Crippen molar-refractivity contribution in [1.29, 1.82) is 0 Å². The van der Waals surface area contributed by atoms with E-state index in [0.717, 1.165) is 16.8 Å². The van der Waals surface area contributed by atoms with Crippen molar-refractivity contribution in [2.45, 2.75) is 26.8 Å². The number of carbonyl (C=O) groups is 2. The molecule has 2 amide bonds. The standard InChI is InChI=1S/C20H21ClN2O2/c1-13-7-8-18(14(2)11-13)23-10-9-22(15(3)19(23)24)20(25)16-5-4-6-17(21)12-16/h4-8,11-12,15H,9-10H2,1-3H3. The van der Waals surface area contributed by atoms with Crippen LogP contribution in [-0.2, 0) is 4.79 Å². The van der Waals surface area contributed by atoms with Gasteiger partial charge in [0.05, 0.1) is 0 Å². The van der Waals surface area contributed by atoms with Gasteiger partial charge < -0.3 is 9.80 Å². The maximum Gasteiger partial charge on any atom is 0.254 e. The van der Waals surface area contributed by atoms with E-state index < -0.39 is 6.04 Å². The molecule has 0 aliphatic carbocycles. The molecule has 25 heavy (non-hydrogen) atoms. The van der Waals surface area contributed by atoms with Crippen LogP contribution in [0.4, 0.5) is 5.69 Å². The van der Waals surface area contributed by atoms with E-state index in [1.54, 1.807) is 41.0 Å². The number of hydrogen-bond acceptors (Lipinski definition) is 2. The van der Waals surface area contributed by atoms with Gasteiger partial charge in [-0.05, 0) is 50.6 Å². The molecule has 5 heteroatoms. The number of piperazine rings is 1. The van der Waals surface area contributed by atoms with Crippen LogP contribution in [0.15, 0.2) is 42.5 Å². The molecule has 1 atom stereocenters. The Kier molecular flexibility index (Phi) is 4.82. The quantitative estimate of drug-likeness (QED) is 0.820. The van der Waals surface area contributed by atoms with Crippen molar-refractivity contribution in [3.05, 3.63) is 64.2 Å². The molecule has 0 spiro atoms. The molecule has 2 aromatic carbocycles. The van der Waals surface area contributed by atoms with Gasteiger partial charge in [-0.25, -0.2) is 0 Å². The van der Waals surface area contributed by atoms with Crippen molar-refractivity contribution < 1.29 is 9.59 Å². The lowest BCUT2D eigenvalue weighted by atomic mass is 10.1. The molecule has 0 saturated carbocycles. The first-order valence-electron chi connectivity index (χ1n) is 8.33. The van der Waals surface area contributed by atoms with Gasteiger partial charge in [0, 0.05) is 29.4 Å². The van der Waals surface area contributed by atoms with Gasteiger partial charge in [-0.1, -0.05) is 35.4 Å². The Labute approximate surface area is 153 Å². The predicted molar refractivity (Wildman–Crippen MR) is 100 cm³/mol. The van der Waals surface area contributed by atoms with Crippen LogP contribution in [0.1, 0.15) is 28.4 Å². The number of halogens is 1. The zero-order valence-corrected chi connectivity index (χ0v) is 15.4. The van der Waals surface area contributed by atoms with E-state index in [2.05, 4.69) is 6.07 Å².